The number of amides is 1. The molecular weight excluding hydrogens is 290 g/mol. The van der Waals surface area contributed by atoms with E-state index >= 15 is 0 Å². The minimum Gasteiger partial charge on any atom is -0.391 e. The third-order valence-electron chi connectivity index (χ3n) is 4.68. The summed E-state index contributed by atoms with van der Waals surface area (Å²) in [5.74, 6) is -2.22. The normalized spacial score (nSPS) is 26.4. The summed E-state index contributed by atoms with van der Waals surface area (Å²) in [6.45, 7) is 2.50. The summed E-state index contributed by atoms with van der Waals surface area (Å²) in [4.78, 5) is 16.2. The summed E-state index contributed by atoms with van der Waals surface area (Å²) in [5, 5.41) is 9.95. The molecular formula is C16H20F2N2O2. The van der Waals surface area contributed by atoms with E-state index in [0.717, 1.165) is 31.4 Å². The fraction of sp³-hybridized carbons (Fsp3) is 0.562. The van der Waals surface area contributed by atoms with Crippen LogP contribution >= 0.6 is 0 Å². The Labute approximate surface area is 128 Å². The largest absolute Gasteiger partial charge is 0.391 e. The fourth-order valence-corrected chi connectivity index (χ4v) is 3.42. The predicted octanol–water partition coefficient (Wildman–Crippen LogP) is 1.64. The lowest BCUT2D eigenvalue weighted by Gasteiger charge is -2.39. The van der Waals surface area contributed by atoms with E-state index in [1.54, 1.807) is 4.90 Å². The maximum absolute atomic E-state index is 13.2. The van der Waals surface area contributed by atoms with Crippen molar-refractivity contribution in [2.24, 2.45) is 0 Å². The Balaban J connectivity index is 1.61. The smallest absolute Gasteiger partial charge is 0.254 e. The Morgan fingerprint density at radius 2 is 1.82 bits per heavy atom. The molecule has 1 N–H and O–H groups in total. The number of benzene rings is 1. The zero-order chi connectivity index (χ0) is 15.7. The summed E-state index contributed by atoms with van der Waals surface area (Å²) in [6, 6.07) is 3.44. The number of rotatable bonds is 2. The third kappa shape index (κ3) is 2.98. The molecule has 1 aromatic carbocycles. The average Bonchev–Trinajstić information content (AvgIpc) is 2.95. The molecule has 0 unspecified atom stereocenters. The zero-order valence-corrected chi connectivity index (χ0v) is 12.3. The second-order valence-electron chi connectivity index (χ2n) is 6.02. The van der Waals surface area contributed by atoms with Gasteiger partial charge in [-0.05, 0) is 37.5 Å². The maximum atomic E-state index is 13.2. The number of piperazine rings is 1. The van der Waals surface area contributed by atoms with Crippen molar-refractivity contribution in [3.63, 3.8) is 0 Å². The first kappa shape index (κ1) is 15.4. The molecule has 6 heteroatoms. The van der Waals surface area contributed by atoms with Gasteiger partial charge in [0.2, 0.25) is 0 Å². The van der Waals surface area contributed by atoms with Crippen LogP contribution < -0.4 is 0 Å². The van der Waals surface area contributed by atoms with Gasteiger partial charge >= 0.3 is 0 Å². The standard InChI is InChI=1S/C16H20F2N2O2/c17-12-5-4-11(10-13(12)18)16(22)20-8-6-19(7-9-20)14-2-1-3-15(14)21/h4-5,10,14-15,21H,1-3,6-9H2/t14-,15+/m1/s1. The van der Waals surface area contributed by atoms with Gasteiger partial charge in [0.1, 0.15) is 0 Å². The summed E-state index contributed by atoms with van der Waals surface area (Å²) >= 11 is 0. The van der Waals surface area contributed by atoms with Crippen molar-refractivity contribution in [3.8, 4) is 0 Å². The second kappa shape index (κ2) is 6.30. The summed E-state index contributed by atoms with van der Waals surface area (Å²) in [6.07, 6.45) is 2.62. The van der Waals surface area contributed by atoms with Crippen molar-refractivity contribution < 1.29 is 18.7 Å². The van der Waals surface area contributed by atoms with E-state index in [1.165, 1.54) is 6.07 Å². The molecule has 1 amide bonds. The van der Waals surface area contributed by atoms with Crippen LogP contribution in [0.25, 0.3) is 0 Å². The predicted molar refractivity (Wildman–Crippen MR) is 77.5 cm³/mol. The first-order valence-corrected chi connectivity index (χ1v) is 7.72. The van der Waals surface area contributed by atoms with Gasteiger partial charge < -0.3 is 10.0 Å². The number of carbonyl (C=O) groups excluding carboxylic acids is 1. The topological polar surface area (TPSA) is 43.8 Å². The van der Waals surface area contributed by atoms with Crippen LogP contribution in [0.3, 0.4) is 0 Å². The monoisotopic (exact) mass is 310 g/mol. The van der Waals surface area contributed by atoms with E-state index in [1.807, 2.05) is 0 Å². The molecule has 0 radical (unpaired) electrons. The van der Waals surface area contributed by atoms with Crippen LogP contribution in [0.2, 0.25) is 0 Å². The van der Waals surface area contributed by atoms with Crippen molar-refractivity contribution in [2.75, 3.05) is 26.2 Å². The van der Waals surface area contributed by atoms with E-state index in [2.05, 4.69) is 4.90 Å². The SMILES string of the molecule is O=C(c1ccc(F)c(F)c1)N1CCN([C@@H]2CCC[C@@H]2O)CC1. The molecule has 1 aliphatic carbocycles. The van der Waals surface area contributed by atoms with Gasteiger partial charge in [0, 0.05) is 37.8 Å². The van der Waals surface area contributed by atoms with Crippen LogP contribution in [-0.4, -0.2) is 59.1 Å². The molecule has 1 saturated heterocycles. The first-order chi connectivity index (χ1) is 10.6. The number of hydrogen-bond donors (Lipinski definition) is 1. The minimum absolute atomic E-state index is 0.174. The Bertz CT molecular complexity index is 559. The lowest BCUT2D eigenvalue weighted by atomic mass is 10.1. The number of aliphatic hydroxyl groups is 1. The number of hydrogen-bond acceptors (Lipinski definition) is 3. The van der Waals surface area contributed by atoms with Crippen LogP contribution in [0.1, 0.15) is 29.6 Å². The number of aliphatic hydroxyl groups excluding tert-OH is 1. The highest BCUT2D eigenvalue weighted by molar-refractivity contribution is 5.94. The Morgan fingerprint density at radius 1 is 1.09 bits per heavy atom. The molecule has 22 heavy (non-hydrogen) atoms. The number of nitrogens with zero attached hydrogens (tertiary/aromatic N) is 2. The highest BCUT2D eigenvalue weighted by Gasteiger charge is 2.33. The van der Waals surface area contributed by atoms with Gasteiger partial charge in [-0.3, -0.25) is 9.69 Å². The number of halogens is 2. The Hall–Kier alpha value is -1.53. The molecule has 2 aliphatic rings. The molecule has 4 nitrogen and oxygen atoms in total. The summed E-state index contributed by atoms with van der Waals surface area (Å²) in [7, 11) is 0. The molecule has 2 fully saturated rings. The van der Waals surface area contributed by atoms with Crippen molar-refractivity contribution in [1.29, 1.82) is 0 Å². The van der Waals surface area contributed by atoms with Crippen LogP contribution in [-0.2, 0) is 0 Å². The van der Waals surface area contributed by atoms with Crippen LogP contribution in [0, 0.1) is 11.6 Å². The van der Waals surface area contributed by atoms with Crippen molar-refractivity contribution in [3.05, 3.63) is 35.4 Å². The summed E-state index contributed by atoms with van der Waals surface area (Å²) < 4.78 is 26.2. The lowest BCUT2D eigenvalue weighted by Crippen LogP contribution is -2.53. The van der Waals surface area contributed by atoms with E-state index < -0.39 is 11.6 Å². The molecule has 1 aromatic rings. The Kier molecular flexibility index (Phi) is 4.40. The molecule has 1 heterocycles. The minimum atomic E-state index is -1.00. The van der Waals surface area contributed by atoms with Gasteiger partial charge in [-0.1, -0.05) is 0 Å². The van der Waals surface area contributed by atoms with Gasteiger partial charge in [0.15, 0.2) is 11.6 Å². The zero-order valence-electron chi connectivity index (χ0n) is 12.3. The van der Waals surface area contributed by atoms with E-state index in [4.69, 9.17) is 0 Å². The van der Waals surface area contributed by atoms with Gasteiger partial charge in [-0.2, -0.15) is 0 Å². The number of carbonyl (C=O) groups is 1. The third-order valence-corrected chi connectivity index (χ3v) is 4.68. The van der Waals surface area contributed by atoms with Crippen molar-refractivity contribution in [1.82, 2.24) is 9.80 Å². The highest BCUT2D eigenvalue weighted by atomic mass is 19.2. The molecule has 0 bridgehead atoms. The molecule has 0 aromatic heterocycles. The molecule has 0 spiro atoms. The molecule has 3 rings (SSSR count). The van der Waals surface area contributed by atoms with Gasteiger partial charge in [-0.25, -0.2) is 8.78 Å². The molecule has 1 aliphatic heterocycles. The average molecular weight is 310 g/mol. The van der Waals surface area contributed by atoms with Crippen LogP contribution in [0.5, 0.6) is 0 Å². The Morgan fingerprint density at radius 3 is 2.41 bits per heavy atom. The quantitative estimate of drug-likeness (QED) is 0.903. The lowest BCUT2D eigenvalue weighted by molar-refractivity contribution is 0.0315. The van der Waals surface area contributed by atoms with Crippen molar-refractivity contribution >= 4 is 5.91 Å². The molecule has 120 valence electrons. The van der Waals surface area contributed by atoms with Crippen molar-refractivity contribution in [2.45, 2.75) is 31.4 Å². The van der Waals surface area contributed by atoms with Gasteiger partial charge in [-0.15, -0.1) is 0 Å². The van der Waals surface area contributed by atoms with E-state index in [0.29, 0.717) is 26.2 Å². The molecule has 1 saturated carbocycles. The van der Waals surface area contributed by atoms with E-state index in [-0.39, 0.29) is 23.6 Å². The summed E-state index contributed by atoms with van der Waals surface area (Å²) in [5.41, 5.74) is 0.174. The second-order valence-corrected chi connectivity index (χ2v) is 6.02. The first-order valence-electron chi connectivity index (χ1n) is 7.72. The van der Waals surface area contributed by atoms with Gasteiger partial charge in [0.05, 0.1) is 6.10 Å². The van der Waals surface area contributed by atoms with E-state index in [9.17, 15) is 18.7 Å². The highest BCUT2D eigenvalue weighted by Crippen LogP contribution is 2.25. The fourth-order valence-electron chi connectivity index (χ4n) is 3.42. The van der Waals surface area contributed by atoms with Crippen LogP contribution in [0.15, 0.2) is 18.2 Å². The maximum Gasteiger partial charge on any atom is 0.254 e. The molecule has 2 atom stereocenters. The van der Waals surface area contributed by atoms with Crippen LogP contribution in [0.4, 0.5) is 8.78 Å². The van der Waals surface area contributed by atoms with Gasteiger partial charge in [0.25, 0.3) is 5.91 Å².